The lowest BCUT2D eigenvalue weighted by molar-refractivity contribution is 0.0955. The number of hydrogen-bond donors (Lipinski definition) is 2. The Balaban J connectivity index is 1.24. The fourth-order valence-electron chi connectivity index (χ4n) is 4.00. The molecule has 1 saturated heterocycles. The highest BCUT2D eigenvalue weighted by Gasteiger charge is 2.17. The number of benzene rings is 3. The number of phenols is 1. The first kappa shape index (κ1) is 23.5. The lowest BCUT2D eigenvalue weighted by Gasteiger charge is -2.34. The third-order valence-corrected chi connectivity index (χ3v) is 5.96. The van der Waals surface area contributed by atoms with Gasteiger partial charge in [0.25, 0.3) is 5.91 Å². The third-order valence-electron chi connectivity index (χ3n) is 5.96. The molecule has 0 bridgehead atoms. The highest BCUT2D eigenvalue weighted by molar-refractivity contribution is 5.95. The molecule has 1 aliphatic rings. The van der Waals surface area contributed by atoms with Crippen LogP contribution in [0.15, 0.2) is 77.9 Å². The summed E-state index contributed by atoms with van der Waals surface area (Å²) in [6.07, 6.45) is 1.39. The Kier molecular flexibility index (Phi) is 7.91. The van der Waals surface area contributed by atoms with E-state index in [1.807, 2.05) is 24.3 Å². The molecule has 1 amide bonds. The minimum absolute atomic E-state index is 0.0201. The van der Waals surface area contributed by atoms with Crippen LogP contribution in [0.1, 0.15) is 27.0 Å². The van der Waals surface area contributed by atoms with Crippen LogP contribution in [-0.2, 0) is 13.1 Å². The number of piperazine rings is 1. The van der Waals surface area contributed by atoms with Crippen molar-refractivity contribution >= 4 is 12.1 Å². The molecule has 1 heterocycles. The van der Waals surface area contributed by atoms with E-state index in [0.717, 1.165) is 39.3 Å². The summed E-state index contributed by atoms with van der Waals surface area (Å²) in [4.78, 5) is 17.3. The highest BCUT2D eigenvalue weighted by atomic mass is 16.5. The van der Waals surface area contributed by atoms with E-state index in [-0.39, 0.29) is 11.7 Å². The molecule has 1 aliphatic heterocycles. The van der Waals surface area contributed by atoms with Crippen molar-refractivity contribution < 1.29 is 14.6 Å². The molecule has 0 aromatic heterocycles. The Morgan fingerprint density at radius 1 is 0.912 bits per heavy atom. The van der Waals surface area contributed by atoms with E-state index in [2.05, 4.69) is 50.7 Å². The first-order chi connectivity index (χ1) is 16.6. The second-order valence-electron chi connectivity index (χ2n) is 8.33. The summed E-state index contributed by atoms with van der Waals surface area (Å²) in [6.45, 7) is 6.03. The van der Waals surface area contributed by atoms with Crippen molar-refractivity contribution in [2.24, 2.45) is 5.10 Å². The molecule has 3 aromatic rings. The molecule has 0 spiro atoms. The molecule has 0 atom stereocenters. The van der Waals surface area contributed by atoms with Crippen LogP contribution in [0.25, 0.3) is 0 Å². The number of ether oxygens (including phenoxy) is 1. The number of amides is 1. The summed E-state index contributed by atoms with van der Waals surface area (Å²) in [5.41, 5.74) is 6.02. The zero-order chi connectivity index (χ0) is 23.8. The molecule has 0 radical (unpaired) electrons. The van der Waals surface area contributed by atoms with E-state index in [1.165, 1.54) is 24.5 Å². The molecule has 3 aromatic carbocycles. The van der Waals surface area contributed by atoms with Crippen LogP contribution in [0.2, 0.25) is 0 Å². The fourth-order valence-corrected chi connectivity index (χ4v) is 4.00. The van der Waals surface area contributed by atoms with Gasteiger partial charge in [0, 0.05) is 50.4 Å². The highest BCUT2D eigenvalue weighted by Crippen LogP contribution is 2.27. The van der Waals surface area contributed by atoms with Crippen LogP contribution in [0.4, 0.5) is 0 Å². The SMILES string of the molecule is COc1cccc(/C=N\NC(=O)c2ccc(CN3CCN(Cc4ccccc4)CC3)cc2)c1O. The van der Waals surface area contributed by atoms with Crippen LogP contribution in [0.5, 0.6) is 11.5 Å². The molecule has 2 N–H and O–H groups in total. The number of hydrogen-bond acceptors (Lipinski definition) is 6. The number of para-hydroxylation sites is 1. The van der Waals surface area contributed by atoms with Crippen molar-refractivity contribution in [3.63, 3.8) is 0 Å². The number of nitrogens with one attached hydrogen (secondary N) is 1. The molecule has 1 fully saturated rings. The van der Waals surface area contributed by atoms with Crippen molar-refractivity contribution in [3.8, 4) is 11.5 Å². The lowest BCUT2D eigenvalue weighted by Crippen LogP contribution is -2.45. The number of carbonyl (C=O) groups excluding carboxylic acids is 1. The molecular formula is C27H30N4O3. The predicted molar refractivity (Wildman–Crippen MR) is 133 cm³/mol. The van der Waals surface area contributed by atoms with Crippen LogP contribution < -0.4 is 10.2 Å². The molecule has 7 nitrogen and oxygen atoms in total. The van der Waals surface area contributed by atoms with E-state index in [9.17, 15) is 9.90 Å². The van der Waals surface area contributed by atoms with Gasteiger partial charge in [-0.25, -0.2) is 5.43 Å². The number of aromatic hydroxyl groups is 1. The zero-order valence-electron chi connectivity index (χ0n) is 19.4. The van der Waals surface area contributed by atoms with Crippen molar-refractivity contribution in [1.29, 1.82) is 0 Å². The molecule has 7 heteroatoms. The predicted octanol–water partition coefficient (Wildman–Crippen LogP) is 3.48. The van der Waals surface area contributed by atoms with Gasteiger partial charge in [0.05, 0.1) is 13.3 Å². The van der Waals surface area contributed by atoms with Crippen LogP contribution in [0, 0.1) is 0 Å². The van der Waals surface area contributed by atoms with Gasteiger partial charge >= 0.3 is 0 Å². The van der Waals surface area contributed by atoms with Crippen LogP contribution >= 0.6 is 0 Å². The normalized spacial score (nSPS) is 14.9. The minimum atomic E-state index is -0.306. The van der Waals surface area contributed by atoms with Gasteiger partial charge in [0.1, 0.15) is 0 Å². The second-order valence-corrected chi connectivity index (χ2v) is 8.33. The minimum Gasteiger partial charge on any atom is -0.504 e. The van der Waals surface area contributed by atoms with Crippen molar-refractivity contribution in [3.05, 3.63) is 95.1 Å². The molecule has 176 valence electrons. The quantitative estimate of drug-likeness (QED) is 0.399. The van der Waals surface area contributed by atoms with Crippen LogP contribution in [-0.4, -0.2) is 60.3 Å². The van der Waals surface area contributed by atoms with Gasteiger partial charge in [0.15, 0.2) is 11.5 Å². The molecule has 0 aliphatic carbocycles. The summed E-state index contributed by atoms with van der Waals surface area (Å²) >= 11 is 0. The molecule has 4 rings (SSSR count). The number of carbonyl (C=O) groups is 1. The Bertz CT molecular complexity index is 1110. The third kappa shape index (κ3) is 6.21. The number of nitrogens with zero attached hydrogens (tertiary/aromatic N) is 3. The molecular weight excluding hydrogens is 428 g/mol. The van der Waals surface area contributed by atoms with Crippen molar-refractivity contribution in [2.45, 2.75) is 13.1 Å². The fraction of sp³-hybridized carbons (Fsp3) is 0.259. The average molecular weight is 459 g/mol. The van der Waals surface area contributed by atoms with Gasteiger partial charge in [0.2, 0.25) is 0 Å². The monoisotopic (exact) mass is 458 g/mol. The molecule has 34 heavy (non-hydrogen) atoms. The van der Waals surface area contributed by atoms with E-state index in [0.29, 0.717) is 16.9 Å². The average Bonchev–Trinajstić information content (AvgIpc) is 2.87. The first-order valence-electron chi connectivity index (χ1n) is 11.4. The first-order valence-corrected chi connectivity index (χ1v) is 11.4. The Labute approximate surface area is 200 Å². The van der Waals surface area contributed by atoms with E-state index >= 15 is 0 Å². The van der Waals surface area contributed by atoms with Gasteiger partial charge in [-0.2, -0.15) is 5.10 Å². The lowest BCUT2D eigenvalue weighted by atomic mass is 10.1. The zero-order valence-corrected chi connectivity index (χ0v) is 19.4. The van der Waals surface area contributed by atoms with Crippen molar-refractivity contribution in [2.75, 3.05) is 33.3 Å². The van der Waals surface area contributed by atoms with E-state index in [1.54, 1.807) is 18.2 Å². The van der Waals surface area contributed by atoms with Gasteiger partial charge in [-0.3, -0.25) is 14.6 Å². The number of phenolic OH excluding ortho intramolecular Hbond substituents is 1. The Morgan fingerprint density at radius 2 is 1.53 bits per heavy atom. The largest absolute Gasteiger partial charge is 0.504 e. The van der Waals surface area contributed by atoms with Gasteiger partial charge < -0.3 is 9.84 Å². The van der Waals surface area contributed by atoms with Gasteiger partial charge in [-0.05, 0) is 35.4 Å². The maximum Gasteiger partial charge on any atom is 0.271 e. The number of rotatable bonds is 8. The van der Waals surface area contributed by atoms with Gasteiger partial charge in [-0.1, -0.05) is 48.5 Å². The number of methoxy groups -OCH3 is 1. The molecule has 0 saturated carbocycles. The maximum absolute atomic E-state index is 12.4. The summed E-state index contributed by atoms with van der Waals surface area (Å²) < 4.78 is 5.07. The standard InChI is InChI=1S/C27H30N4O3/c1-34-25-9-5-8-24(26(25)32)18-28-29-27(33)23-12-10-22(11-13-23)20-31-16-14-30(15-17-31)19-21-6-3-2-4-7-21/h2-13,18,32H,14-17,19-20H2,1H3,(H,29,33)/b28-18-. The Morgan fingerprint density at radius 3 is 2.15 bits per heavy atom. The Hall–Kier alpha value is -3.68. The molecule has 0 unspecified atom stereocenters. The van der Waals surface area contributed by atoms with Crippen molar-refractivity contribution in [1.82, 2.24) is 15.2 Å². The smallest absolute Gasteiger partial charge is 0.271 e. The van der Waals surface area contributed by atoms with Gasteiger partial charge in [-0.15, -0.1) is 0 Å². The van der Waals surface area contributed by atoms with E-state index in [4.69, 9.17) is 4.74 Å². The summed E-state index contributed by atoms with van der Waals surface area (Å²) in [7, 11) is 1.48. The number of hydrazone groups is 1. The summed E-state index contributed by atoms with van der Waals surface area (Å²) in [5.74, 6) is 0.0245. The maximum atomic E-state index is 12.4. The topological polar surface area (TPSA) is 77.4 Å². The second kappa shape index (κ2) is 11.4. The summed E-state index contributed by atoms with van der Waals surface area (Å²) in [5, 5.41) is 14.0. The van der Waals surface area contributed by atoms with E-state index < -0.39 is 0 Å². The van der Waals surface area contributed by atoms with Crippen LogP contribution in [0.3, 0.4) is 0 Å². The summed E-state index contributed by atoms with van der Waals surface area (Å²) in [6, 6.07) is 23.3.